The van der Waals surface area contributed by atoms with Crippen molar-refractivity contribution in [2.75, 3.05) is 19.6 Å². The lowest BCUT2D eigenvalue weighted by Gasteiger charge is -2.12. The van der Waals surface area contributed by atoms with Gasteiger partial charge in [0.2, 0.25) is 11.8 Å². The molecule has 0 bridgehead atoms. The molecule has 1 unspecified atom stereocenters. The first-order chi connectivity index (χ1) is 14.4. The number of amides is 2. The summed E-state index contributed by atoms with van der Waals surface area (Å²) in [6, 6.07) is 9.27. The average molecular weight is 458 g/mol. The van der Waals surface area contributed by atoms with E-state index in [2.05, 4.69) is 16.0 Å². The number of hydrogen-bond donors (Lipinski definition) is 6. The molecular formula is C20H32ClN5O5. The Morgan fingerprint density at radius 2 is 1.71 bits per heavy atom. The second-order valence-corrected chi connectivity index (χ2v) is 6.71. The van der Waals surface area contributed by atoms with Crippen LogP contribution >= 0.6 is 12.4 Å². The summed E-state index contributed by atoms with van der Waals surface area (Å²) in [7, 11) is 0. The van der Waals surface area contributed by atoms with Crippen molar-refractivity contribution < 1.29 is 24.2 Å². The van der Waals surface area contributed by atoms with Crippen LogP contribution in [0.3, 0.4) is 0 Å². The van der Waals surface area contributed by atoms with E-state index in [0.29, 0.717) is 19.4 Å². The van der Waals surface area contributed by atoms with Crippen LogP contribution in [0.15, 0.2) is 30.3 Å². The maximum Gasteiger partial charge on any atom is 0.307 e. The molecule has 0 aliphatic rings. The molecule has 1 rings (SSSR count). The zero-order valence-electron chi connectivity index (χ0n) is 17.4. The summed E-state index contributed by atoms with van der Waals surface area (Å²) >= 11 is 0. The van der Waals surface area contributed by atoms with Gasteiger partial charge in [-0.1, -0.05) is 30.3 Å². The molecular weight excluding hydrogens is 426 g/mol. The molecule has 0 aliphatic carbocycles. The smallest absolute Gasteiger partial charge is 0.307 e. The van der Waals surface area contributed by atoms with Crippen molar-refractivity contribution in [3.63, 3.8) is 0 Å². The fourth-order valence-electron chi connectivity index (χ4n) is 2.43. The van der Waals surface area contributed by atoms with Gasteiger partial charge in [-0.25, -0.2) is 0 Å². The highest BCUT2D eigenvalue weighted by Gasteiger charge is 2.13. The van der Waals surface area contributed by atoms with Crippen LogP contribution in [0, 0.1) is 5.41 Å². The molecule has 1 aromatic carbocycles. The first-order valence-corrected chi connectivity index (χ1v) is 9.85. The Labute approximate surface area is 188 Å². The predicted molar refractivity (Wildman–Crippen MR) is 119 cm³/mol. The second-order valence-electron chi connectivity index (χ2n) is 6.71. The summed E-state index contributed by atoms with van der Waals surface area (Å²) in [5.41, 5.74) is 6.03. The lowest BCUT2D eigenvalue weighted by molar-refractivity contribution is -0.144. The summed E-state index contributed by atoms with van der Waals surface area (Å²) in [5.74, 6) is -1.17. The van der Waals surface area contributed by atoms with Gasteiger partial charge in [0.15, 0.2) is 5.96 Å². The molecule has 0 spiro atoms. The van der Waals surface area contributed by atoms with E-state index in [1.165, 1.54) is 0 Å². The summed E-state index contributed by atoms with van der Waals surface area (Å²) in [6.07, 6.45) is 0.419. The topological polar surface area (TPSA) is 167 Å². The maximum atomic E-state index is 11.8. The molecule has 0 aromatic heterocycles. The zero-order valence-corrected chi connectivity index (χ0v) is 18.2. The molecule has 7 N–H and O–H groups in total. The number of hydrogen-bond acceptors (Lipinski definition) is 6. The van der Waals surface area contributed by atoms with E-state index in [1.54, 1.807) is 0 Å². The largest absolute Gasteiger partial charge is 0.461 e. The Kier molecular flexibility index (Phi) is 15.3. The molecule has 10 nitrogen and oxygen atoms in total. The lowest BCUT2D eigenvalue weighted by Crippen LogP contribution is -2.36. The van der Waals surface area contributed by atoms with Crippen molar-refractivity contribution in [1.82, 2.24) is 16.0 Å². The molecule has 0 heterocycles. The van der Waals surface area contributed by atoms with Gasteiger partial charge in [0.05, 0.1) is 18.9 Å². The molecule has 2 amide bonds. The lowest BCUT2D eigenvalue weighted by atomic mass is 10.2. The van der Waals surface area contributed by atoms with Gasteiger partial charge >= 0.3 is 5.97 Å². The van der Waals surface area contributed by atoms with E-state index in [1.807, 2.05) is 30.3 Å². The van der Waals surface area contributed by atoms with Crippen LogP contribution in [0.2, 0.25) is 0 Å². The maximum absolute atomic E-state index is 11.8. The first-order valence-electron chi connectivity index (χ1n) is 9.85. The Hall–Kier alpha value is -2.85. The van der Waals surface area contributed by atoms with Crippen LogP contribution in [0.1, 0.15) is 37.7 Å². The van der Waals surface area contributed by atoms with Crippen molar-refractivity contribution in [2.24, 2.45) is 5.73 Å². The monoisotopic (exact) mass is 457 g/mol. The van der Waals surface area contributed by atoms with Gasteiger partial charge in [0.25, 0.3) is 0 Å². The highest BCUT2D eigenvalue weighted by molar-refractivity contribution is 5.85. The number of benzene rings is 1. The van der Waals surface area contributed by atoms with Gasteiger partial charge < -0.3 is 31.5 Å². The number of rotatable bonds is 14. The number of guanidine groups is 1. The second kappa shape index (κ2) is 16.9. The van der Waals surface area contributed by atoms with E-state index in [0.717, 1.165) is 5.56 Å². The molecule has 0 saturated heterocycles. The van der Waals surface area contributed by atoms with Gasteiger partial charge in [-0.15, -0.1) is 12.4 Å². The fourth-order valence-corrected chi connectivity index (χ4v) is 2.43. The fraction of sp³-hybridized carbons (Fsp3) is 0.500. The van der Waals surface area contributed by atoms with E-state index >= 15 is 0 Å². The van der Waals surface area contributed by atoms with Crippen LogP contribution in [0.4, 0.5) is 0 Å². The van der Waals surface area contributed by atoms with Gasteiger partial charge in [-0.05, 0) is 18.4 Å². The number of carbonyl (C=O) groups is 3. The van der Waals surface area contributed by atoms with Crippen LogP contribution < -0.4 is 21.7 Å². The molecule has 0 saturated carbocycles. The predicted octanol–water partition coefficient (Wildman–Crippen LogP) is 0.178. The normalized spacial score (nSPS) is 10.9. The van der Waals surface area contributed by atoms with Crippen molar-refractivity contribution in [2.45, 2.75) is 44.8 Å². The molecule has 0 radical (unpaired) electrons. The number of aliphatic hydroxyl groups excluding tert-OH is 1. The van der Waals surface area contributed by atoms with Crippen LogP contribution in [-0.2, 0) is 25.7 Å². The van der Waals surface area contributed by atoms with E-state index in [-0.39, 0.29) is 63.2 Å². The summed E-state index contributed by atoms with van der Waals surface area (Å²) in [4.78, 5) is 35.1. The standard InChI is InChI=1S/C20H31N5O5.ClH/c21-20(22)24-10-5-4-8-17(27)25-13-16(26)12-18(28)23-11-9-19(29)30-14-15-6-2-1-3-7-15;/h1-3,6-7,16,26H,4-5,8-14H2,(H,23,28)(H,25,27)(H4,21,22,24);1H. The third-order valence-corrected chi connectivity index (χ3v) is 4.00. The first kappa shape index (κ1) is 28.2. The minimum atomic E-state index is -1.02. The molecule has 0 aliphatic heterocycles. The van der Waals surface area contributed by atoms with Crippen molar-refractivity contribution >= 4 is 36.2 Å². The molecule has 174 valence electrons. The van der Waals surface area contributed by atoms with Gasteiger partial charge in [-0.3, -0.25) is 19.8 Å². The van der Waals surface area contributed by atoms with Gasteiger partial charge in [0.1, 0.15) is 6.61 Å². The Morgan fingerprint density at radius 1 is 1.00 bits per heavy atom. The van der Waals surface area contributed by atoms with E-state index < -0.39 is 18.0 Å². The molecule has 31 heavy (non-hydrogen) atoms. The van der Waals surface area contributed by atoms with Crippen LogP contribution in [0.5, 0.6) is 0 Å². The number of ether oxygens (including phenoxy) is 1. The van der Waals surface area contributed by atoms with Gasteiger partial charge in [-0.2, -0.15) is 0 Å². The van der Waals surface area contributed by atoms with Crippen molar-refractivity contribution in [3.05, 3.63) is 35.9 Å². The number of carbonyl (C=O) groups excluding carboxylic acids is 3. The number of aliphatic hydroxyl groups is 1. The number of nitrogens with one attached hydrogen (secondary N) is 4. The number of unbranched alkanes of at least 4 members (excludes halogenated alkanes) is 1. The number of esters is 1. The third kappa shape index (κ3) is 15.6. The van der Waals surface area contributed by atoms with Crippen LogP contribution in [-0.4, -0.2) is 54.6 Å². The Balaban J connectivity index is 0.00000900. The molecule has 11 heteroatoms. The quantitative estimate of drug-likeness (QED) is 0.100. The summed E-state index contributed by atoms with van der Waals surface area (Å²) in [6.45, 7) is 0.779. The minimum absolute atomic E-state index is 0. The highest BCUT2D eigenvalue weighted by atomic mass is 35.5. The molecule has 1 atom stereocenters. The Bertz CT molecular complexity index is 690. The molecule has 1 aromatic rings. The zero-order chi connectivity index (χ0) is 22.2. The van der Waals surface area contributed by atoms with Crippen LogP contribution in [0.25, 0.3) is 0 Å². The van der Waals surface area contributed by atoms with Crippen molar-refractivity contribution in [1.29, 1.82) is 5.41 Å². The van der Waals surface area contributed by atoms with E-state index in [4.69, 9.17) is 15.9 Å². The summed E-state index contributed by atoms with van der Waals surface area (Å²) < 4.78 is 5.11. The minimum Gasteiger partial charge on any atom is -0.461 e. The third-order valence-electron chi connectivity index (χ3n) is 4.00. The molecule has 0 fully saturated rings. The number of halogens is 1. The van der Waals surface area contributed by atoms with E-state index in [9.17, 15) is 19.5 Å². The van der Waals surface area contributed by atoms with Gasteiger partial charge in [0, 0.05) is 26.1 Å². The highest BCUT2D eigenvalue weighted by Crippen LogP contribution is 2.01. The average Bonchev–Trinajstić information content (AvgIpc) is 2.71. The Morgan fingerprint density at radius 3 is 2.39 bits per heavy atom. The van der Waals surface area contributed by atoms with Crippen molar-refractivity contribution in [3.8, 4) is 0 Å². The summed E-state index contributed by atoms with van der Waals surface area (Å²) in [5, 5.41) is 24.6. The number of nitrogens with two attached hydrogens (primary N) is 1. The SMILES string of the molecule is Cl.N=C(N)NCCCCC(=O)NCC(O)CC(=O)NCCC(=O)OCc1ccccc1.